The van der Waals surface area contributed by atoms with Crippen LogP contribution in [0.2, 0.25) is 0 Å². The maximum absolute atomic E-state index is 10.6. The molecule has 3 heterocycles. The molecule has 0 atom stereocenters. The van der Waals surface area contributed by atoms with E-state index in [2.05, 4.69) is 33.7 Å². The highest BCUT2D eigenvalue weighted by Gasteiger charge is 2.14. The fourth-order valence-corrected chi connectivity index (χ4v) is 3.60. The van der Waals surface area contributed by atoms with Crippen molar-refractivity contribution in [2.45, 2.75) is 24.4 Å². The minimum atomic E-state index is -0.462. The van der Waals surface area contributed by atoms with Crippen LogP contribution < -0.4 is 0 Å². The fourth-order valence-electron chi connectivity index (χ4n) is 2.02. The monoisotopic (exact) mass is 350 g/mol. The summed E-state index contributed by atoms with van der Waals surface area (Å²) in [6.45, 7) is 2.12. The van der Waals surface area contributed by atoms with Crippen LogP contribution in [0.25, 0.3) is 11.4 Å². The first kappa shape index (κ1) is 15.7. The zero-order chi connectivity index (χ0) is 16.4. The van der Waals surface area contributed by atoms with E-state index in [1.807, 2.05) is 11.6 Å². The van der Waals surface area contributed by atoms with Crippen molar-refractivity contribution in [1.82, 2.24) is 24.5 Å². The van der Waals surface area contributed by atoms with Crippen LogP contribution in [0.15, 0.2) is 29.0 Å². The molecule has 0 aliphatic heterocycles. The van der Waals surface area contributed by atoms with E-state index in [1.165, 1.54) is 33.7 Å². The largest absolute Gasteiger partial charge is 0.307 e. The molecule has 0 unspecified atom stereocenters. The van der Waals surface area contributed by atoms with Gasteiger partial charge in [0.25, 0.3) is 0 Å². The Morgan fingerprint density at radius 3 is 2.91 bits per heavy atom. The van der Waals surface area contributed by atoms with Crippen LogP contribution in [0.1, 0.15) is 11.8 Å². The number of aryl methyl sites for hydroxylation is 1. The van der Waals surface area contributed by atoms with Gasteiger partial charge in [0.2, 0.25) is 0 Å². The van der Waals surface area contributed by atoms with Crippen LogP contribution in [-0.2, 0) is 19.3 Å². The van der Waals surface area contributed by atoms with Crippen molar-refractivity contribution in [3.63, 3.8) is 0 Å². The molecule has 0 saturated heterocycles. The van der Waals surface area contributed by atoms with Crippen molar-refractivity contribution in [3.8, 4) is 11.4 Å². The third-order valence-corrected chi connectivity index (χ3v) is 5.34. The second-order valence-electron chi connectivity index (χ2n) is 4.79. The predicted molar refractivity (Wildman–Crippen MR) is 88.4 cm³/mol. The number of hydrogen-bond acceptors (Lipinski definition) is 7. The van der Waals surface area contributed by atoms with E-state index in [-0.39, 0.29) is 5.69 Å². The molecule has 0 aliphatic rings. The van der Waals surface area contributed by atoms with Crippen LogP contribution in [-0.4, -0.2) is 29.5 Å². The van der Waals surface area contributed by atoms with Crippen molar-refractivity contribution in [1.29, 1.82) is 0 Å². The van der Waals surface area contributed by atoms with Gasteiger partial charge in [-0.15, -0.1) is 21.5 Å². The molecule has 3 rings (SSSR count). The Labute approximate surface area is 140 Å². The van der Waals surface area contributed by atoms with E-state index < -0.39 is 4.92 Å². The average Bonchev–Trinajstić information content (AvgIpc) is 3.24. The van der Waals surface area contributed by atoms with Crippen molar-refractivity contribution in [2.75, 3.05) is 0 Å². The van der Waals surface area contributed by atoms with Crippen LogP contribution in [0, 0.1) is 10.1 Å². The van der Waals surface area contributed by atoms with Crippen molar-refractivity contribution >= 4 is 28.8 Å². The van der Waals surface area contributed by atoms with E-state index >= 15 is 0 Å². The molecule has 0 fully saturated rings. The minimum absolute atomic E-state index is 0.0189. The van der Waals surface area contributed by atoms with Gasteiger partial charge in [0, 0.05) is 22.9 Å². The lowest BCUT2D eigenvalue weighted by Crippen LogP contribution is -1.98. The zero-order valence-electron chi connectivity index (χ0n) is 12.5. The summed E-state index contributed by atoms with van der Waals surface area (Å²) < 4.78 is 3.43. The van der Waals surface area contributed by atoms with Crippen LogP contribution in [0.3, 0.4) is 0 Å². The van der Waals surface area contributed by atoms with Crippen LogP contribution in [0.4, 0.5) is 5.69 Å². The topological polar surface area (TPSA) is 91.7 Å². The molecular formula is C13H14N6O2S2. The first-order chi connectivity index (χ1) is 11.1. The van der Waals surface area contributed by atoms with E-state index in [0.717, 1.165) is 23.0 Å². The molecule has 8 nitrogen and oxygen atoms in total. The molecule has 3 aromatic rings. The van der Waals surface area contributed by atoms with Gasteiger partial charge in [-0.3, -0.25) is 14.8 Å². The summed E-state index contributed by atoms with van der Waals surface area (Å²) >= 11 is 3.14. The summed E-state index contributed by atoms with van der Waals surface area (Å²) in [7, 11) is 1.91. The van der Waals surface area contributed by atoms with Gasteiger partial charge in [-0.25, -0.2) is 0 Å². The Morgan fingerprint density at radius 2 is 2.26 bits per heavy atom. The van der Waals surface area contributed by atoms with Gasteiger partial charge in [-0.2, -0.15) is 5.10 Å². The average molecular weight is 350 g/mol. The van der Waals surface area contributed by atoms with Gasteiger partial charge in [0.1, 0.15) is 12.4 Å². The first-order valence-corrected chi connectivity index (χ1v) is 8.71. The number of nitrogens with zero attached hydrogens (tertiary/aromatic N) is 6. The van der Waals surface area contributed by atoms with Gasteiger partial charge in [-0.1, -0.05) is 18.7 Å². The number of thioether (sulfide) groups is 1. The third-order valence-electron chi connectivity index (χ3n) is 3.25. The van der Waals surface area contributed by atoms with Gasteiger partial charge in [0.15, 0.2) is 11.0 Å². The Kier molecular flexibility index (Phi) is 4.44. The number of rotatable bonds is 6. The molecule has 23 heavy (non-hydrogen) atoms. The summed E-state index contributed by atoms with van der Waals surface area (Å²) in [5.41, 5.74) is 1.04. The fraction of sp³-hybridized carbons (Fsp3) is 0.308. The summed E-state index contributed by atoms with van der Waals surface area (Å²) in [5, 5.41) is 25.9. The number of aromatic nitrogens is 5. The normalized spacial score (nSPS) is 11.0. The van der Waals surface area contributed by atoms with Crippen LogP contribution in [0.5, 0.6) is 0 Å². The maximum Gasteiger partial charge on any atom is 0.307 e. The smallest absolute Gasteiger partial charge is 0.305 e. The highest BCUT2D eigenvalue weighted by atomic mass is 32.2. The zero-order valence-corrected chi connectivity index (χ0v) is 14.2. The molecular weight excluding hydrogens is 336 g/mol. The molecule has 0 amide bonds. The van der Waals surface area contributed by atoms with E-state index in [1.54, 1.807) is 11.3 Å². The lowest BCUT2D eigenvalue weighted by atomic mass is 10.2. The van der Waals surface area contributed by atoms with Gasteiger partial charge in [0.05, 0.1) is 10.8 Å². The van der Waals surface area contributed by atoms with E-state index in [9.17, 15) is 10.1 Å². The van der Waals surface area contributed by atoms with Gasteiger partial charge < -0.3 is 4.57 Å². The quantitative estimate of drug-likeness (QED) is 0.385. The molecule has 0 spiro atoms. The minimum Gasteiger partial charge on any atom is -0.305 e. The lowest BCUT2D eigenvalue weighted by Gasteiger charge is -2.02. The van der Waals surface area contributed by atoms with Crippen molar-refractivity contribution in [2.24, 2.45) is 7.05 Å². The van der Waals surface area contributed by atoms with Crippen molar-refractivity contribution in [3.05, 3.63) is 38.8 Å². The van der Waals surface area contributed by atoms with E-state index in [4.69, 9.17) is 0 Å². The summed E-state index contributed by atoms with van der Waals surface area (Å²) in [4.78, 5) is 11.5. The summed E-state index contributed by atoms with van der Waals surface area (Å²) in [6, 6.07) is 2.12. The molecule has 3 aromatic heterocycles. The molecule has 0 N–H and O–H groups in total. The Morgan fingerprint density at radius 1 is 1.43 bits per heavy atom. The SMILES string of the molecule is CCc1cc(-c2nnc(SCn3cc([N+](=O)[O-])cn3)n2C)cs1. The highest BCUT2D eigenvalue weighted by Crippen LogP contribution is 2.27. The van der Waals surface area contributed by atoms with Crippen LogP contribution >= 0.6 is 23.1 Å². The molecule has 0 radical (unpaired) electrons. The first-order valence-electron chi connectivity index (χ1n) is 6.85. The molecule has 0 aromatic carbocycles. The highest BCUT2D eigenvalue weighted by molar-refractivity contribution is 7.98. The van der Waals surface area contributed by atoms with Crippen molar-refractivity contribution < 1.29 is 4.92 Å². The lowest BCUT2D eigenvalue weighted by molar-refractivity contribution is -0.385. The standard InChI is InChI=1S/C13H14N6O2S2/c1-3-11-4-9(7-22-11)12-15-16-13(17(12)2)23-8-18-6-10(5-14-18)19(20)21/h4-7H,3,8H2,1-2H3. The summed E-state index contributed by atoms with van der Waals surface area (Å²) in [5.74, 6) is 1.25. The van der Waals surface area contributed by atoms with E-state index in [0.29, 0.717) is 5.88 Å². The number of hydrogen-bond donors (Lipinski definition) is 0. The number of nitro groups is 1. The Hall–Kier alpha value is -2.20. The summed E-state index contributed by atoms with van der Waals surface area (Å²) in [6.07, 6.45) is 3.64. The van der Waals surface area contributed by atoms with Gasteiger partial charge >= 0.3 is 5.69 Å². The van der Waals surface area contributed by atoms with Gasteiger partial charge in [-0.05, 0) is 12.5 Å². The molecule has 10 heteroatoms. The molecule has 0 aliphatic carbocycles. The maximum atomic E-state index is 10.6. The second-order valence-corrected chi connectivity index (χ2v) is 6.70. The molecule has 120 valence electrons. The molecule has 0 saturated carbocycles. The third kappa shape index (κ3) is 3.27. The Bertz CT molecular complexity index is 837. The molecule has 0 bridgehead atoms. The Balaban J connectivity index is 1.72. The predicted octanol–water partition coefficient (Wildman–Crippen LogP) is 2.96. The number of thiophene rings is 1. The second kappa shape index (κ2) is 6.50.